The van der Waals surface area contributed by atoms with E-state index in [0.29, 0.717) is 0 Å². The summed E-state index contributed by atoms with van der Waals surface area (Å²) in [6.45, 7) is -2.62. The van der Waals surface area contributed by atoms with E-state index in [9.17, 15) is 39.6 Å². The van der Waals surface area contributed by atoms with Gasteiger partial charge in [0, 0.05) is 0 Å². The molecule has 0 spiro atoms. The maximum absolute atomic E-state index is 11.4. The Morgan fingerprint density at radius 3 is 1.50 bits per heavy atom. The van der Waals surface area contributed by atoms with Gasteiger partial charge >= 0.3 is 17.9 Å². The molecule has 0 aliphatic carbocycles. The summed E-state index contributed by atoms with van der Waals surface area (Å²) in [5.41, 5.74) is -2.92. The Labute approximate surface area is 202 Å². The standard InChI is InChI=1S/C12H20O12.C6H12O6/c13-3-5(14)9(19)10(20)6(15)4-24-8(18)2-12(23,11(21)22)1-7(16)17;7-1-3(9)5(11)6(12)4(10)2-8/h5-6,9-10,13-15,19-20,23H,1-4H2,(H,16,17)(H,21,22);1,3-6,8-12H,2H2/t5-,6+,9-,10-,12?;3-,4+,5+,6+/m10/s1. The molecule has 0 saturated heterocycles. The van der Waals surface area contributed by atoms with Gasteiger partial charge in [-0.1, -0.05) is 0 Å². The Kier molecular flexibility index (Phi) is 17.1. The van der Waals surface area contributed by atoms with Crippen molar-refractivity contribution in [2.24, 2.45) is 0 Å². The summed E-state index contributed by atoms with van der Waals surface area (Å²) in [6.07, 6.45) is -17.0. The van der Waals surface area contributed by atoms with E-state index in [0.717, 1.165) is 0 Å². The molecule has 9 atom stereocenters. The van der Waals surface area contributed by atoms with E-state index in [1.807, 2.05) is 0 Å². The largest absolute Gasteiger partial charge is 0.481 e. The van der Waals surface area contributed by atoms with Crippen molar-refractivity contribution >= 4 is 24.2 Å². The van der Waals surface area contributed by atoms with Gasteiger partial charge in [0.1, 0.15) is 55.4 Å². The fourth-order valence-corrected chi connectivity index (χ4v) is 2.21. The number of carbonyl (C=O) groups is 4. The summed E-state index contributed by atoms with van der Waals surface area (Å²) in [4.78, 5) is 42.7. The average Bonchev–Trinajstić information content (AvgIpc) is 2.83. The van der Waals surface area contributed by atoms with E-state index >= 15 is 0 Å². The smallest absolute Gasteiger partial charge is 0.336 e. The quantitative estimate of drug-likeness (QED) is 0.0643. The molecule has 0 bridgehead atoms. The van der Waals surface area contributed by atoms with Gasteiger partial charge < -0.3 is 75.9 Å². The van der Waals surface area contributed by atoms with Crippen LogP contribution in [0.4, 0.5) is 0 Å². The van der Waals surface area contributed by atoms with Gasteiger partial charge in [-0.3, -0.25) is 9.59 Å². The predicted molar refractivity (Wildman–Crippen MR) is 109 cm³/mol. The van der Waals surface area contributed by atoms with Crippen molar-refractivity contribution in [2.45, 2.75) is 67.3 Å². The van der Waals surface area contributed by atoms with E-state index in [2.05, 4.69) is 4.74 Å². The molecule has 0 aromatic rings. The van der Waals surface area contributed by atoms with Crippen LogP contribution in [-0.2, 0) is 23.9 Å². The Morgan fingerprint density at radius 1 is 0.722 bits per heavy atom. The van der Waals surface area contributed by atoms with Crippen LogP contribution in [0.2, 0.25) is 0 Å². The minimum Gasteiger partial charge on any atom is -0.481 e. The van der Waals surface area contributed by atoms with Gasteiger partial charge in [0.2, 0.25) is 0 Å². The van der Waals surface area contributed by atoms with Crippen molar-refractivity contribution in [1.29, 1.82) is 0 Å². The SMILES string of the molecule is O=C(O)CC(O)(CC(=O)OC[C@H](O)[C@@H](O)[C@H](O)[C@H](O)CO)C(=O)O.O=C[C@H](O)[C@@H](O)[C@H](O)[C@H](O)CO. The number of carboxylic acids is 2. The number of hydrogen-bond acceptors (Lipinski definition) is 16. The summed E-state index contributed by atoms with van der Waals surface area (Å²) in [6, 6.07) is 0. The van der Waals surface area contributed by atoms with Crippen LogP contribution >= 0.6 is 0 Å². The van der Waals surface area contributed by atoms with Gasteiger partial charge in [-0.15, -0.1) is 0 Å². The third-order valence-corrected chi connectivity index (χ3v) is 4.44. The third kappa shape index (κ3) is 12.6. The van der Waals surface area contributed by atoms with Crippen molar-refractivity contribution in [3.8, 4) is 0 Å². The number of aldehydes is 1. The molecule has 36 heavy (non-hydrogen) atoms. The molecule has 1 unspecified atom stereocenters. The van der Waals surface area contributed by atoms with Crippen LogP contribution in [0.25, 0.3) is 0 Å². The van der Waals surface area contributed by atoms with Crippen LogP contribution in [0, 0.1) is 0 Å². The fraction of sp³-hybridized carbons (Fsp3) is 0.778. The summed E-state index contributed by atoms with van der Waals surface area (Å²) in [5.74, 6) is -5.03. The van der Waals surface area contributed by atoms with Crippen molar-refractivity contribution in [3.63, 3.8) is 0 Å². The Balaban J connectivity index is 0. The molecular weight excluding hydrogens is 504 g/mol. The molecule has 0 aliphatic rings. The first-order chi connectivity index (χ1) is 16.5. The second-order valence-electron chi connectivity index (χ2n) is 7.42. The highest BCUT2D eigenvalue weighted by atomic mass is 16.5. The summed E-state index contributed by atoms with van der Waals surface area (Å²) in [7, 11) is 0. The molecule has 18 nitrogen and oxygen atoms in total. The zero-order valence-corrected chi connectivity index (χ0v) is 18.6. The number of carboxylic acid groups (broad SMARTS) is 2. The van der Waals surface area contributed by atoms with Crippen molar-refractivity contribution in [2.75, 3.05) is 19.8 Å². The minimum atomic E-state index is -2.92. The van der Waals surface area contributed by atoms with Crippen LogP contribution in [0.5, 0.6) is 0 Å². The fourth-order valence-electron chi connectivity index (χ4n) is 2.21. The lowest BCUT2D eigenvalue weighted by Gasteiger charge is -2.26. The summed E-state index contributed by atoms with van der Waals surface area (Å²) >= 11 is 0. The van der Waals surface area contributed by atoms with Crippen molar-refractivity contribution in [1.82, 2.24) is 0 Å². The average molecular weight is 536 g/mol. The summed E-state index contributed by atoms with van der Waals surface area (Å²) in [5, 5.41) is 116. The van der Waals surface area contributed by atoms with E-state index in [1.54, 1.807) is 0 Å². The van der Waals surface area contributed by atoms with Crippen LogP contribution in [0.15, 0.2) is 0 Å². The molecule has 0 fully saturated rings. The van der Waals surface area contributed by atoms with Crippen LogP contribution in [-0.4, -0.2) is 165 Å². The molecular formula is C18H32O18. The number of esters is 1. The Hall–Kier alpha value is -2.36. The van der Waals surface area contributed by atoms with E-state index in [1.165, 1.54) is 0 Å². The number of hydrogen-bond donors (Lipinski definition) is 13. The lowest BCUT2D eigenvalue weighted by atomic mass is 9.96. The first-order valence-corrected chi connectivity index (χ1v) is 9.93. The molecule has 0 rings (SSSR count). The molecule has 18 heteroatoms. The molecule has 13 N–H and O–H groups in total. The lowest BCUT2D eigenvalue weighted by molar-refractivity contribution is -0.174. The highest BCUT2D eigenvalue weighted by molar-refractivity contribution is 5.88. The van der Waals surface area contributed by atoms with Crippen LogP contribution < -0.4 is 0 Å². The van der Waals surface area contributed by atoms with Crippen LogP contribution in [0.1, 0.15) is 12.8 Å². The Morgan fingerprint density at radius 2 is 1.14 bits per heavy atom. The molecule has 0 amide bonds. The van der Waals surface area contributed by atoms with Crippen LogP contribution in [0.3, 0.4) is 0 Å². The van der Waals surface area contributed by atoms with E-state index in [-0.39, 0.29) is 6.29 Å². The maximum atomic E-state index is 11.4. The van der Waals surface area contributed by atoms with E-state index < -0.39 is 105 Å². The molecule has 212 valence electrons. The van der Waals surface area contributed by atoms with Gasteiger partial charge in [0.05, 0.1) is 26.1 Å². The van der Waals surface area contributed by atoms with Crippen molar-refractivity contribution in [3.05, 3.63) is 0 Å². The number of rotatable bonds is 16. The maximum Gasteiger partial charge on any atom is 0.336 e. The second kappa shape index (κ2) is 17.2. The van der Waals surface area contributed by atoms with Gasteiger partial charge in [-0.2, -0.15) is 0 Å². The zero-order valence-electron chi connectivity index (χ0n) is 18.6. The summed E-state index contributed by atoms with van der Waals surface area (Å²) < 4.78 is 4.40. The normalized spacial score (nSPS) is 19.5. The molecule has 0 saturated carbocycles. The molecule has 0 aromatic heterocycles. The highest BCUT2D eigenvalue weighted by Gasteiger charge is 2.42. The van der Waals surface area contributed by atoms with Crippen molar-refractivity contribution < 1.29 is 90.3 Å². The topological polar surface area (TPSA) is 341 Å². The van der Waals surface area contributed by atoms with Gasteiger partial charge in [-0.25, -0.2) is 4.79 Å². The second-order valence-corrected chi connectivity index (χ2v) is 7.42. The third-order valence-electron chi connectivity index (χ3n) is 4.44. The predicted octanol–water partition coefficient (Wildman–Crippen LogP) is -7.73. The number of carbonyl (C=O) groups excluding carboxylic acids is 2. The molecule has 0 heterocycles. The minimum absolute atomic E-state index is 0.0258. The first-order valence-electron chi connectivity index (χ1n) is 9.93. The number of aliphatic carboxylic acids is 2. The molecule has 0 radical (unpaired) electrons. The van der Waals surface area contributed by atoms with Gasteiger partial charge in [-0.05, 0) is 0 Å². The lowest BCUT2D eigenvalue weighted by Crippen LogP contribution is -2.48. The molecule has 0 aliphatic heterocycles. The zero-order chi connectivity index (χ0) is 28.8. The first kappa shape index (κ1) is 35.8. The monoisotopic (exact) mass is 536 g/mol. The van der Waals surface area contributed by atoms with Gasteiger partial charge in [0.15, 0.2) is 11.9 Å². The number of aliphatic hydroxyl groups excluding tert-OH is 10. The number of aliphatic hydroxyl groups is 11. The van der Waals surface area contributed by atoms with E-state index in [4.69, 9.17) is 46.0 Å². The highest BCUT2D eigenvalue weighted by Crippen LogP contribution is 2.17. The Bertz CT molecular complexity index is 687. The van der Waals surface area contributed by atoms with Gasteiger partial charge in [0.25, 0.3) is 0 Å². The molecule has 0 aromatic carbocycles. The number of ether oxygens (including phenoxy) is 1.